The van der Waals surface area contributed by atoms with E-state index in [-0.39, 0.29) is 23.9 Å². The lowest BCUT2D eigenvalue weighted by molar-refractivity contribution is -0.142. The molecule has 2 rings (SSSR count). The summed E-state index contributed by atoms with van der Waals surface area (Å²) in [5.74, 6) is -2.20. The Kier molecular flexibility index (Phi) is 4.14. The molecule has 20 heavy (non-hydrogen) atoms. The van der Waals surface area contributed by atoms with Crippen molar-refractivity contribution in [3.63, 3.8) is 0 Å². The van der Waals surface area contributed by atoms with Crippen LogP contribution < -0.4 is 5.32 Å². The molecule has 0 saturated carbocycles. The molecule has 1 aromatic rings. The number of aromatic nitrogens is 2. The molecule has 1 aliphatic rings. The van der Waals surface area contributed by atoms with Gasteiger partial charge in [-0.05, 0) is 12.1 Å². The third-order valence-electron chi connectivity index (χ3n) is 2.81. The molecule has 0 aromatic carbocycles. The number of hydrogen-bond acceptors (Lipinski definition) is 5. The Bertz CT molecular complexity index is 548. The van der Waals surface area contributed by atoms with E-state index in [0.29, 0.717) is 0 Å². The quantitative estimate of drug-likeness (QED) is 0.781. The third kappa shape index (κ3) is 3.02. The number of carbonyl (C=O) groups excluding carboxylic acids is 2. The number of carboxylic acid groups (broad SMARTS) is 1. The predicted molar refractivity (Wildman–Crippen MR) is 67.1 cm³/mol. The second-order valence-electron chi connectivity index (χ2n) is 4.14. The number of nitrogens with one attached hydrogen (secondary N) is 1. The molecule has 1 aromatic heterocycles. The largest absolute Gasteiger partial charge is 0.481 e. The maximum Gasteiger partial charge on any atom is 0.305 e. The molecule has 106 valence electrons. The minimum Gasteiger partial charge on any atom is -0.481 e. The molecule has 1 saturated heterocycles. The van der Waals surface area contributed by atoms with E-state index in [2.05, 4.69) is 15.5 Å². The fourth-order valence-corrected chi connectivity index (χ4v) is 2.00. The molecule has 0 radical (unpaired) electrons. The van der Waals surface area contributed by atoms with Crippen LogP contribution in [0.4, 0.5) is 0 Å². The first-order valence-electron chi connectivity index (χ1n) is 5.78. The van der Waals surface area contributed by atoms with Gasteiger partial charge in [0.2, 0.25) is 5.91 Å². The molecule has 1 aliphatic heterocycles. The van der Waals surface area contributed by atoms with Crippen LogP contribution >= 0.6 is 11.6 Å². The van der Waals surface area contributed by atoms with Crippen LogP contribution in [0.15, 0.2) is 12.1 Å². The highest BCUT2D eigenvalue weighted by atomic mass is 35.5. The van der Waals surface area contributed by atoms with Crippen molar-refractivity contribution in [1.29, 1.82) is 0 Å². The number of amides is 2. The second kappa shape index (κ2) is 5.83. The molecule has 2 heterocycles. The van der Waals surface area contributed by atoms with Gasteiger partial charge < -0.3 is 15.3 Å². The summed E-state index contributed by atoms with van der Waals surface area (Å²) in [6.45, 7) is 0.481. The van der Waals surface area contributed by atoms with E-state index in [1.165, 1.54) is 17.0 Å². The number of carbonyl (C=O) groups is 3. The smallest absolute Gasteiger partial charge is 0.305 e. The molecule has 8 nitrogen and oxygen atoms in total. The van der Waals surface area contributed by atoms with Crippen LogP contribution in [-0.4, -0.2) is 57.1 Å². The molecule has 1 unspecified atom stereocenters. The van der Waals surface area contributed by atoms with Gasteiger partial charge in [-0.15, -0.1) is 10.2 Å². The van der Waals surface area contributed by atoms with E-state index in [1.807, 2.05) is 0 Å². The lowest BCUT2D eigenvalue weighted by Crippen LogP contribution is -2.57. The first-order valence-corrected chi connectivity index (χ1v) is 6.16. The number of rotatable bonds is 3. The van der Waals surface area contributed by atoms with E-state index in [4.69, 9.17) is 16.7 Å². The van der Waals surface area contributed by atoms with Gasteiger partial charge in [0.1, 0.15) is 6.04 Å². The van der Waals surface area contributed by atoms with Crippen molar-refractivity contribution in [2.75, 3.05) is 13.1 Å². The van der Waals surface area contributed by atoms with Crippen LogP contribution in [0.3, 0.4) is 0 Å². The van der Waals surface area contributed by atoms with Crippen LogP contribution in [0.2, 0.25) is 5.15 Å². The zero-order chi connectivity index (χ0) is 14.7. The molecule has 2 amide bonds. The number of hydrogen-bond donors (Lipinski definition) is 2. The predicted octanol–water partition coefficient (Wildman–Crippen LogP) is -0.455. The summed E-state index contributed by atoms with van der Waals surface area (Å²) in [6, 6.07) is 1.73. The Morgan fingerprint density at radius 3 is 2.80 bits per heavy atom. The number of halogens is 1. The molecule has 0 spiro atoms. The van der Waals surface area contributed by atoms with Crippen molar-refractivity contribution in [1.82, 2.24) is 20.4 Å². The summed E-state index contributed by atoms with van der Waals surface area (Å²) >= 11 is 5.58. The average molecular weight is 299 g/mol. The lowest BCUT2D eigenvalue weighted by atomic mass is 10.1. The Morgan fingerprint density at radius 1 is 1.45 bits per heavy atom. The minimum atomic E-state index is -1.16. The van der Waals surface area contributed by atoms with Crippen molar-refractivity contribution < 1.29 is 19.5 Å². The van der Waals surface area contributed by atoms with Gasteiger partial charge in [0.15, 0.2) is 10.8 Å². The van der Waals surface area contributed by atoms with Crippen molar-refractivity contribution in [3.05, 3.63) is 23.0 Å². The van der Waals surface area contributed by atoms with Gasteiger partial charge in [-0.25, -0.2) is 0 Å². The maximum atomic E-state index is 12.3. The minimum absolute atomic E-state index is 0.0134. The van der Waals surface area contributed by atoms with Crippen molar-refractivity contribution in [2.24, 2.45) is 0 Å². The van der Waals surface area contributed by atoms with Gasteiger partial charge in [0.25, 0.3) is 5.91 Å². The monoisotopic (exact) mass is 298 g/mol. The van der Waals surface area contributed by atoms with Crippen LogP contribution in [0.5, 0.6) is 0 Å². The van der Waals surface area contributed by atoms with Gasteiger partial charge in [0, 0.05) is 13.1 Å². The maximum absolute atomic E-state index is 12.3. The van der Waals surface area contributed by atoms with E-state index in [1.54, 1.807) is 0 Å². The topological polar surface area (TPSA) is 112 Å². The van der Waals surface area contributed by atoms with E-state index < -0.39 is 30.2 Å². The summed E-state index contributed by atoms with van der Waals surface area (Å²) in [5, 5.41) is 18.7. The number of carboxylic acids is 1. The van der Waals surface area contributed by atoms with Crippen LogP contribution in [0, 0.1) is 0 Å². The standard InChI is InChI=1S/C11H11ClN4O4/c12-8-2-1-6(14-15-8)11(20)16-4-3-13-10(19)7(16)5-9(17)18/h1-2,7H,3-5H2,(H,13,19)(H,17,18). The number of nitrogens with zero attached hydrogens (tertiary/aromatic N) is 3. The SMILES string of the molecule is O=C(O)CC1C(=O)NCCN1C(=O)c1ccc(Cl)nn1. The molecule has 0 bridgehead atoms. The Labute approximate surface area is 118 Å². The molecule has 9 heteroatoms. The molecule has 2 N–H and O–H groups in total. The molecule has 1 atom stereocenters. The van der Waals surface area contributed by atoms with Gasteiger partial charge >= 0.3 is 5.97 Å². The summed E-state index contributed by atoms with van der Waals surface area (Å²) in [5.41, 5.74) is 0.0134. The summed E-state index contributed by atoms with van der Waals surface area (Å²) < 4.78 is 0. The van der Waals surface area contributed by atoms with Gasteiger partial charge in [-0.3, -0.25) is 14.4 Å². The number of piperazine rings is 1. The lowest BCUT2D eigenvalue weighted by Gasteiger charge is -2.33. The van der Waals surface area contributed by atoms with Crippen LogP contribution in [0.25, 0.3) is 0 Å². The first-order chi connectivity index (χ1) is 9.49. The fraction of sp³-hybridized carbons (Fsp3) is 0.364. The summed E-state index contributed by atoms with van der Waals surface area (Å²) in [6.07, 6.45) is -0.460. The van der Waals surface area contributed by atoms with Crippen LogP contribution in [-0.2, 0) is 9.59 Å². The molecule has 1 fully saturated rings. The van der Waals surface area contributed by atoms with Gasteiger partial charge in [0.05, 0.1) is 6.42 Å². The summed E-state index contributed by atoms with van der Waals surface area (Å²) in [7, 11) is 0. The van der Waals surface area contributed by atoms with E-state index in [0.717, 1.165) is 0 Å². The van der Waals surface area contributed by atoms with Gasteiger partial charge in [-0.2, -0.15) is 0 Å². The zero-order valence-corrected chi connectivity index (χ0v) is 11.0. The van der Waals surface area contributed by atoms with Crippen molar-refractivity contribution in [2.45, 2.75) is 12.5 Å². The molecular weight excluding hydrogens is 288 g/mol. The van der Waals surface area contributed by atoms with Crippen molar-refractivity contribution in [3.8, 4) is 0 Å². The normalized spacial score (nSPS) is 18.6. The number of aliphatic carboxylic acids is 1. The molecule has 0 aliphatic carbocycles. The van der Waals surface area contributed by atoms with Crippen molar-refractivity contribution >= 4 is 29.4 Å². The highest BCUT2D eigenvalue weighted by Gasteiger charge is 2.35. The van der Waals surface area contributed by atoms with E-state index in [9.17, 15) is 14.4 Å². The fourth-order valence-electron chi connectivity index (χ4n) is 1.90. The van der Waals surface area contributed by atoms with Crippen LogP contribution in [0.1, 0.15) is 16.9 Å². The average Bonchev–Trinajstić information content (AvgIpc) is 2.41. The Morgan fingerprint density at radius 2 is 2.20 bits per heavy atom. The Balaban J connectivity index is 2.23. The van der Waals surface area contributed by atoms with Gasteiger partial charge in [-0.1, -0.05) is 11.6 Å². The highest BCUT2D eigenvalue weighted by molar-refractivity contribution is 6.29. The first kappa shape index (κ1) is 14.2. The second-order valence-corrected chi connectivity index (χ2v) is 4.53. The highest BCUT2D eigenvalue weighted by Crippen LogP contribution is 2.13. The van der Waals surface area contributed by atoms with E-state index >= 15 is 0 Å². The Hall–Kier alpha value is -2.22. The summed E-state index contributed by atoms with van der Waals surface area (Å²) in [4.78, 5) is 35.9. The molecular formula is C11H11ClN4O4. The third-order valence-corrected chi connectivity index (χ3v) is 3.01. The zero-order valence-electron chi connectivity index (χ0n) is 10.2.